The van der Waals surface area contributed by atoms with Crippen molar-refractivity contribution in [3.63, 3.8) is 0 Å². The van der Waals surface area contributed by atoms with Gasteiger partial charge in [0.1, 0.15) is 6.20 Å². The molecular formula is C10H15N7O2. The predicted molar refractivity (Wildman–Crippen MR) is 69.3 cm³/mol. The third kappa shape index (κ3) is 2.76. The van der Waals surface area contributed by atoms with Gasteiger partial charge in [0.25, 0.3) is 0 Å². The van der Waals surface area contributed by atoms with Crippen LogP contribution in [0.2, 0.25) is 0 Å². The van der Waals surface area contributed by atoms with Crippen molar-refractivity contribution in [3.8, 4) is 0 Å². The van der Waals surface area contributed by atoms with Crippen LogP contribution < -0.4 is 10.7 Å². The number of likely N-dealkylation sites (N-methyl/N-ethyl adjacent to an activating group) is 1. The molecular weight excluding hydrogens is 250 g/mol. The van der Waals surface area contributed by atoms with E-state index in [0.717, 1.165) is 32.4 Å². The summed E-state index contributed by atoms with van der Waals surface area (Å²) in [5, 5.41) is 17.8. The Morgan fingerprint density at radius 1 is 1.37 bits per heavy atom. The van der Waals surface area contributed by atoms with E-state index in [-0.39, 0.29) is 11.4 Å². The zero-order chi connectivity index (χ0) is 13.8. The molecule has 0 aliphatic carbocycles. The average Bonchev–Trinajstić information content (AvgIpc) is 2.40. The maximum atomic E-state index is 11.0. The molecule has 2 N–H and O–H groups in total. The van der Waals surface area contributed by atoms with Gasteiger partial charge < -0.3 is 15.6 Å². The number of anilines is 1. The van der Waals surface area contributed by atoms with Crippen LogP contribution in [0.5, 0.6) is 0 Å². The molecule has 1 aliphatic heterocycles. The van der Waals surface area contributed by atoms with Crippen LogP contribution in [0, 0.1) is 10.1 Å². The fraction of sp³-hybridized carbons (Fsp3) is 0.500. The van der Waals surface area contributed by atoms with Crippen LogP contribution in [0.3, 0.4) is 0 Å². The molecule has 0 radical (unpaired) electrons. The standard InChI is InChI=1S/C10H15N7O2/c1-15-2-4-16(5-3-15)8-6-12-7-9(17(18)19)10(8)13-14-11/h6-7H,2-5H2,1H3,(H2,11,12,13). The summed E-state index contributed by atoms with van der Waals surface area (Å²) in [6.45, 7) is 3.27. The number of hydrogen-bond acceptors (Lipinski definition) is 7. The summed E-state index contributed by atoms with van der Waals surface area (Å²) in [6.07, 6.45) is 2.71. The summed E-state index contributed by atoms with van der Waals surface area (Å²) in [5.74, 6) is 5.04. The Hall–Kier alpha value is -2.29. The Labute approximate surface area is 109 Å². The molecule has 1 fully saturated rings. The lowest BCUT2D eigenvalue weighted by molar-refractivity contribution is -0.384. The number of nitrogens with two attached hydrogens (primary N) is 1. The summed E-state index contributed by atoms with van der Waals surface area (Å²) in [7, 11) is 2.03. The Kier molecular flexibility index (Phi) is 3.85. The highest BCUT2D eigenvalue weighted by Gasteiger charge is 2.24. The van der Waals surface area contributed by atoms with Gasteiger partial charge >= 0.3 is 5.69 Å². The first-order chi connectivity index (χ1) is 9.13. The predicted octanol–water partition coefficient (Wildman–Crippen LogP) is 0.699. The largest absolute Gasteiger partial charge is 0.366 e. The number of piperazine rings is 1. The minimum absolute atomic E-state index is 0.159. The molecule has 1 aromatic heterocycles. The van der Waals surface area contributed by atoms with Crippen LogP contribution in [0.4, 0.5) is 17.1 Å². The van der Waals surface area contributed by atoms with Gasteiger partial charge in [-0.15, -0.1) is 5.11 Å². The van der Waals surface area contributed by atoms with E-state index in [9.17, 15) is 10.1 Å². The molecule has 0 saturated carbocycles. The van der Waals surface area contributed by atoms with E-state index >= 15 is 0 Å². The summed E-state index contributed by atoms with van der Waals surface area (Å²) in [6, 6.07) is 0. The van der Waals surface area contributed by atoms with Crippen molar-refractivity contribution in [3.05, 3.63) is 22.5 Å². The molecule has 19 heavy (non-hydrogen) atoms. The normalized spacial score (nSPS) is 17.0. The van der Waals surface area contributed by atoms with Gasteiger partial charge in [0, 0.05) is 26.2 Å². The number of pyridine rings is 1. The van der Waals surface area contributed by atoms with Crippen molar-refractivity contribution in [1.29, 1.82) is 0 Å². The summed E-state index contributed by atoms with van der Waals surface area (Å²) >= 11 is 0. The number of hydrogen-bond donors (Lipinski definition) is 1. The molecule has 1 aliphatic rings. The van der Waals surface area contributed by atoms with Crippen LogP contribution in [-0.4, -0.2) is 48.0 Å². The van der Waals surface area contributed by atoms with Crippen LogP contribution >= 0.6 is 0 Å². The van der Waals surface area contributed by atoms with E-state index in [0.29, 0.717) is 5.69 Å². The molecule has 9 heteroatoms. The molecule has 9 nitrogen and oxygen atoms in total. The van der Waals surface area contributed by atoms with E-state index < -0.39 is 4.92 Å². The van der Waals surface area contributed by atoms with Crippen molar-refractivity contribution in [2.45, 2.75) is 0 Å². The van der Waals surface area contributed by atoms with Gasteiger partial charge in [-0.2, -0.15) is 0 Å². The van der Waals surface area contributed by atoms with Gasteiger partial charge in [0.2, 0.25) is 0 Å². The molecule has 0 spiro atoms. The van der Waals surface area contributed by atoms with E-state index in [1.807, 2.05) is 11.9 Å². The Morgan fingerprint density at radius 2 is 2.05 bits per heavy atom. The number of nitro groups is 1. The lowest BCUT2D eigenvalue weighted by Crippen LogP contribution is -2.44. The molecule has 0 bridgehead atoms. The number of rotatable bonds is 3. The van der Waals surface area contributed by atoms with E-state index in [4.69, 9.17) is 5.84 Å². The second-order valence-corrected chi connectivity index (χ2v) is 4.29. The van der Waals surface area contributed by atoms with Crippen molar-refractivity contribution in [1.82, 2.24) is 9.88 Å². The maximum Gasteiger partial charge on any atom is 0.317 e. The molecule has 1 aromatic rings. The molecule has 0 unspecified atom stereocenters. The van der Waals surface area contributed by atoms with Crippen molar-refractivity contribution >= 4 is 17.1 Å². The first kappa shape index (κ1) is 13.1. The number of aromatic nitrogens is 1. The van der Waals surface area contributed by atoms with E-state index in [1.54, 1.807) is 6.20 Å². The van der Waals surface area contributed by atoms with Crippen molar-refractivity contribution < 1.29 is 4.92 Å². The molecule has 2 rings (SSSR count). The van der Waals surface area contributed by atoms with E-state index in [1.165, 1.54) is 0 Å². The smallest absolute Gasteiger partial charge is 0.317 e. The second kappa shape index (κ2) is 5.57. The minimum Gasteiger partial charge on any atom is -0.366 e. The Morgan fingerprint density at radius 3 is 2.63 bits per heavy atom. The SMILES string of the molecule is CN1CCN(c2cncc([N+](=O)[O-])c2N=NN)CC1. The lowest BCUT2D eigenvalue weighted by atomic mass is 10.2. The summed E-state index contributed by atoms with van der Waals surface area (Å²) < 4.78 is 0. The van der Waals surface area contributed by atoms with E-state index in [2.05, 4.69) is 20.2 Å². The molecule has 0 atom stereocenters. The van der Waals surface area contributed by atoms with Gasteiger partial charge in [-0.05, 0) is 7.05 Å². The molecule has 1 saturated heterocycles. The third-order valence-electron chi connectivity index (χ3n) is 3.08. The zero-order valence-corrected chi connectivity index (χ0v) is 10.6. The van der Waals surface area contributed by atoms with Crippen LogP contribution in [0.1, 0.15) is 0 Å². The number of nitrogens with zero attached hydrogens (tertiary/aromatic N) is 6. The molecule has 102 valence electrons. The van der Waals surface area contributed by atoms with Gasteiger partial charge in [0.05, 0.1) is 16.8 Å². The maximum absolute atomic E-state index is 11.0. The fourth-order valence-electron chi connectivity index (χ4n) is 2.00. The summed E-state index contributed by atoms with van der Waals surface area (Å²) in [5.41, 5.74) is 0.564. The quantitative estimate of drug-likeness (QED) is 0.372. The summed E-state index contributed by atoms with van der Waals surface area (Å²) in [4.78, 5) is 18.5. The fourth-order valence-corrected chi connectivity index (χ4v) is 2.00. The van der Waals surface area contributed by atoms with Gasteiger partial charge in [0.15, 0.2) is 5.69 Å². The first-order valence-corrected chi connectivity index (χ1v) is 5.80. The lowest BCUT2D eigenvalue weighted by Gasteiger charge is -2.33. The first-order valence-electron chi connectivity index (χ1n) is 5.80. The second-order valence-electron chi connectivity index (χ2n) is 4.29. The van der Waals surface area contributed by atoms with Crippen molar-refractivity contribution in [2.24, 2.45) is 16.2 Å². The highest BCUT2D eigenvalue weighted by Crippen LogP contribution is 2.36. The van der Waals surface area contributed by atoms with Gasteiger partial charge in [-0.25, -0.2) is 0 Å². The average molecular weight is 265 g/mol. The highest BCUT2D eigenvalue weighted by molar-refractivity contribution is 5.74. The monoisotopic (exact) mass is 265 g/mol. The highest BCUT2D eigenvalue weighted by atomic mass is 16.6. The minimum atomic E-state index is -0.531. The Balaban J connectivity index is 2.39. The molecule has 0 aromatic carbocycles. The zero-order valence-electron chi connectivity index (χ0n) is 10.6. The van der Waals surface area contributed by atoms with Crippen LogP contribution in [-0.2, 0) is 0 Å². The topological polar surface area (TPSA) is 113 Å². The Bertz CT molecular complexity index is 497. The van der Waals surface area contributed by atoms with Crippen molar-refractivity contribution in [2.75, 3.05) is 38.1 Å². The third-order valence-corrected chi connectivity index (χ3v) is 3.08. The molecule has 2 heterocycles. The van der Waals surface area contributed by atoms with Crippen LogP contribution in [0.25, 0.3) is 0 Å². The van der Waals surface area contributed by atoms with Gasteiger partial charge in [-0.3, -0.25) is 15.1 Å². The molecule has 0 amide bonds. The van der Waals surface area contributed by atoms with Crippen LogP contribution in [0.15, 0.2) is 22.7 Å². The van der Waals surface area contributed by atoms with Gasteiger partial charge in [-0.1, -0.05) is 5.22 Å².